The van der Waals surface area contributed by atoms with Gasteiger partial charge in [-0.1, -0.05) is 18.5 Å². The zero-order valence-corrected chi connectivity index (χ0v) is 13.6. The molecule has 4 heteroatoms. The van der Waals surface area contributed by atoms with Gasteiger partial charge in [-0.2, -0.15) is 0 Å². The lowest BCUT2D eigenvalue weighted by atomic mass is 9.90. The number of rotatable bonds is 6. The van der Waals surface area contributed by atoms with Crippen molar-refractivity contribution in [3.63, 3.8) is 0 Å². The molecule has 1 unspecified atom stereocenters. The summed E-state index contributed by atoms with van der Waals surface area (Å²) in [6, 6.07) is 4.76. The van der Waals surface area contributed by atoms with Gasteiger partial charge in [-0.25, -0.2) is 0 Å². The van der Waals surface area contributed by atoms with Crippen molar-refractivity contribution >= 4 is 22.9 Å². The van der Waals surface area contributed by atoms with Crippen molar-refractivity contribution in [1.29, 1.82) is 0 Å². The maximum atomic E-state index is 5.94. The molecule has 2 nitrogen and oxygen atoms in total. The third kappa shape index (κ3) is 4.75. The first-order valence-electron chi connectivity index (χ1n) is 7.39. The Morgan fingerprint density at radius 3 is 2.74 bits per heavy atom. The molecule has 2 rings (SSSR count). The Morgan fingerprint density at radius 2 is 2.16 bits per heavy atom. The minimum Gasteiger partial charge on any atom is -0.314 e. The zero-order valence-electron chi connectivity index (χ0n) is 12.0. The number of likely N-dealkylation sites (tertiary alicyclic amines) is 1. The molecule has 19 heavy (non-hydrogen) atoms. The zero-order chi connectivity index (χ0) is 13.7. The molecule has 1 aromatic rings. The minimum absolute atomic E-state index is 0.634. The van der Waals surface area contributed by atoms with Crippen LogP contribution in [0, 0.1) is 5.92 Å². The van der Waals surface area contributed by atoms with E-state index in [0.717, 1.165) is 23.2 Å². The highest BCUT2D eigenvalue weighted by Crippen LogP contribution is 2.22. The maximum Gasteiger partial charge on any atom is 0.0931 e. The molecule has 0 saturated carbocycles. The monoisotopic (exact) mass is 300 g/mol. The van der Waals surface area contributed by atoms with E-state index >= 15 is 0 Å². The molecule has 0 radical (unpaired) electrons. The Bertz CT molecular complexity index is 372. The van der Waals surface area contributed by atoms with E-state index in [2.05, 4.69) is 30.1 Å². The van der Waals surface area contributed by atoms with Crippen LogP contribution in [0.4, 0.5) is 0 Å². The van der Waals surface area contributed by atoms with Crippen molar-refractivity contribution in [3.05, 3.63) is 21.3 Å². The number of hydrogen-bond donors (Lipinski definition) is 1. The Labute approximate surface area is 126 Å². The number of thiophene rings is 1. The first kappa shape index (κ1) is 15.3. The first-order chi connectivity index (χ1) is 9.19. The summed E-state index contributed by atoms with van der Waals surface area (Å²) in [4.78, 5) is 3.93. The smallest absolute Gasteiger partial charge is 0.0931 e. The van der Waals surface area contributed by atoms with Gasteiger partial charge in [0.05, 0.1) is 4.34 Å². The van der Waals surface area contributed by atoms with E-state index in [1.807, 2.05) is 6.07 Å². The van der Waals surface area contributed by atoms with Gasteiger partial charge in [0.1, 0.15) is 0 Å². The van der Waals surface area contributed by atoms with Crippen LogP contribution >= 0.6 is 22.9 Å². The molecule has 108 valence electrons. The van der Waals surface area contributed by atoms with E-state index in [4.69, 9.17) is 11.6 Å². The summed E-state index contributed by atoms with van der Waals surface area (Å²) in [7, 11) is 0. The quantitative estimate of drug-likeness (QED) is 0.862. The number of hydrogen-bond acceptors (Lipinski definition) is 3. The molecular weight excluding hydrogens is 276 g/mol. The SMILES string of the molecule is CCN1CCC(C(C)NCCc2ccc(Cl)s2)CC1. The Hall–Kier alpha value is -0.0900. The molecule has 1 aromatic heterocycles. The average Bonchev–Trinajstić information content (AvgIpc) is 2.84. The van der Waals surface area contributed by atoms with Crippen LogP contribution in [-0.4, -0.2) is 37.1 Å². The van der Waals surface area contributed by atoms with Crippen LogP contribution < -0.4 is 5.32 Å². The van der Waals surface area contributed by atoms with Gasteiger partial charge < -0.3 is 10.2 Å². The Kier molecular flexibility index (Phi) is 6.14. The van der Waals surface area contributed by atoms with Crippen molar-refractivity contribution in [2.75, 3.05) is 26.2 Å². The van der Waals surface area contributed by atoms with Gasteiger partial charge in [0.25, 0.3) is 0 Å². The number of nitrogens with one attached hydrogen (secondary N) is 1. The summed E-state index contributed by atoms with van der Waals surface area (Å²) in [5.41, 5.74) is 0. The van der Waals surface area contributed by atoms with Crippen molar-refractivity contribution in [3.8, 4) is 0 Å². The molecule has 1 atom stereocenters. The molecule has 2 heterocycles. The molecule has 0 aliphatic carbocycles. The molecule has 0 bridgehead atoms. The van der Waals surface area contributed by atoms with Crippen LogP contribution in [0.3, 0.4) is 0 Å². The Morgan fingerprint density at radius 1 is 1.42 bits per heavy atom. The second kappa shape index (κ2) is 7.63. The van der Waals surface area contributed by atoms with Gasteiger partial charge in [-0.05, 0) is 63.9 Å². The predicted octanol–water partition coefficient (Wildman–Crippen LogP) is 3.65. The van der Waals surface area contributed by atoms with Crippen molar-refractivity contribution < 1.29 is 0 Å². The van der Waals surface area contributed by atoms with Gasteiger partial charge >= 0.3 is 0 Å². The second-order valence-electron chi connectivity index (χ2n) is 5.47. The summed E-state index contributed by atoms with van der Waals surface area (Å²) in [6.07, 6.45) is 3.77. The van der Waals surface area contributed by atoms with Gasteiger partial charge in [0.15, 0.2) is 0 Å². The van der Waals surface area contributed by atoms with Crippen molar-refractivity contribution in [1.82, 2.24) is 10.2 Å². The highest BCUT2D eigenvalue weighted by Gasteiger charge is 2.22. The molecular formula is C15H25ClN2S. The maximum absolute atomic E-state index is 5.94. The van der Waals surface area contributed by atoms with Gasteiger partial charge in [0.2, 0.25) is 0 Å². The third-order valence-corrected chi connectivity index (χ3v) is 5.54. The van der Waals surface area contributed by atoms with Crippen LogP contribution in [-0.2, 0) is 6.42 Å². The van der Waals surface area contributed by atoms with E-state index in [-0.39, 0.29) is 0 Å². The number of halogens is 1. The molecule has 0 aromatic carbocycles. The van der Waals surface area contributed by atoms with Crippen LogP contribution in [0.1, 0.15) is 31.6 Å². The van der Waals surface area contributed by atoms with Crippen LogP contribution in [0.2, 0.25) is 4.34 Å². The second-order valence-corrected chi connectivity index (χ2v) is 7.27. The van der Waals surface area contributed by atoms with E-state index in [9.17, 15) is 0 Å². The highest BCUT2D eigenvalue weighted by atomic mass is 35.5. The fourth-order valence-electron chi connectivity index (χ4n) is 2.84. The fourth-order valence-corrected chi connectivity index (χ4v) is 3.93. The molecule has 0 spiro atoms. The largest absolute Gasteiger partial charge is 0.314 e. The number of nitrogens with zero attached hydrogens (tertiary/aromatic N) is 1. The van der Waals surface area contributed by atoms with Gasteiger partial charge in [-0.3, -0.25) is 0 Å². The lowest BCUT2D eigenvalue weighted by Crippen LogP contribution is -2.42. The van der Waals surface area contributed by atoms with Crippen LogP contribution in [0.25, 0.3) is 0 Å². The predicted molar refractivity (Wildman–Crippen MR) is 85.3 cm³/mol. The molecule has 1 N–H and O–H groups in total. The lowest BCUT2D eigenvalue weighted by molar-refractivity contribution is 0.169. The summed E-state index contributed by atoms with van der Waals surface area (Å²) < 4.78 is 0.898. The van der Waals surface area contributed by atoms with Crippen molar-refractivity contribution in [2.24, 2.45) is 5.92 Å². The third-order valence-electron chi connectivity index (χ3n) is 4.25. The lowest BCUT2D eigenvalue weighted by Gasteiger charge is -2.34. The van der Waals surface area contributed by atoms with Gasteiger partial charge in [0, 0.05) is 17.5 Å². The standard InChI is InChI=1S/C15H25ClN2S/c1-3-18-10-7-13(8-11-18)12(2)17-9-6-14-4-5-15(16)19-14/h4-5,12-13,17H,3,6-11H2,1-2H3. The first-order valence-corrected chi connectivity index (χ1v) is 8.58. The van der Waals surface area contributed by atoms with E-state index in [1.54, 1.807) is 11.3 Å². The summed E-state index contributed by atoms with van der Waals surface area (Å²) in [5, 5.41) is 3.69. The molecule has 1 aliphatic rings. The summed E-state index contributed by atoms with van der Waals surface area (Å²) in [6.45, 7) is 9.41. The van der Waals surface area contributed by atoms with E-state index < -0.39 is 0 Å². The molecule has 1 fully saturated rings. The summed E-state index contributed by atoms with van der Waals surface area (Å²) >= 11 is 7.64. The van der Waals surface area contributed by atoms with Crippen LogP contribution in [0.5, 0.6) is 0 Å². The molecule has 1 aliphatic heterocycles. The average molecular weight is 301 g/mol. The summed E-state index contributed by atoms with van der Waals surface area (Å²) in [5.74, 6) is 0.842. The van der Waals surface area contributed by atoms with E-state index in [1.165, 1.54) is 37.4 Å². The van der Waals surface area contributed by atoms with Gasteiger partial charge in [-0.15, -0.1) is 11.3 Å². The molecule has 0 amide bonds. The van der Waals surface area contributed by atoms with Crippen molar-refractivity contribution in [2.45, 2.75) is 39.2 Å². The molecule has 1 saturated heterocycles. The van der Waals surface area contributed by atoms with E-state index in [0.29, 0.717) is 6.04 Å². The fraction of sp³-hybridized carbons (Fsp3) is 0.733. The Balaban J connectivity index is 1.65. The normalized spacial score (nSPS) is 19.7. The minimum atomic E-state index is 0.634. The topological polar surface area (TPSA) is 15.3 Å². The highest BCUT2D eigenvalue weighted by molar-refractivity contribution is 7.16. The van der Waals surface area contributed by atoms with Crippen LogP contribution in [0.15, 0.2) is 12.1 Å². The number of piperidine rings is 1.